The van der Waals surface area contributed by atoms with Crippen molar-refractivity contribution in [2.75, 3.05) is 0 Å². The molecule has 4 nitrogen and oxygen atoms in total. The summed E-state index contributed by atoms with van der Waals surface area (Å²) in [6.07, 6.45) is 1.37. The zero-order valence-electron chi connectivity index (χ0n) is 10.8. The highest BCUT2D eigenvalue weighted by molar-refractivity contribution is 5.87. The summed E-state index contributed by atoms with van der Waals surface area (Å²) < 4.78 is 5.45. The third kappa shape index (κ3) is 1.91. The Balaban J connectivity index is 2.31. The molecular formula is C16H12O4. The smallest absolute Gasteiger partial charge is 0.204 e. The quantitative estimate of drug-likeness (QED) is 0.711. The highest BCUT2D eigenvalue weighted by atomic mass is 16.3. The van der Waals surface area contributed by atoms with Crippen LogP contribution in [0.2, 0.25) is 0 Å². The molecule has 1 aromatic heterocycles. The van der Waals surface area contributed by atoms with Crippen molar-refractivity contribution in [3.8, 4) is 22.6 Å². The lowest BCUT2D eigenvalue weighted by molar-refractivity contribution is 0.475. The number of phenolic OH excluding ortho intramolecular Hbond substituents is 2. The fourth-order valence-corrected chi connectivity index (χ4v) is 2.21. The lowest BCUT2D eigenvalue weighted by atomic mass is 10.0. The molecule has 4 heteroatoms. The second kappa shape index (κ2) is 4.42. The lowest BCUT2D eigenvalue weighted by Crippen LogP contribution is -2.05. The molecule has 3 aromatic rings. The van der Waals surface area contributed by atoms with Crippen LogP contribution < -0.4 is 5.43 Å². The van der Waals surface area contributed by atoms with E-state index in [1.54, 1.807) is 18.2 Å². The predicted octanol–water partition coefficient (Wildman–Crippen LogP) is 3.18. The normalized spacial score (nSPS) is 10.8. The Labute approximate surface area is 114 Å². The Kier molecular flexibility index (Phi) is 2.71. The van der Waals surface area contributed by atoms with Crippen molar-refractivity contribution in [2.24, 2.45) is 0 Å². The maximum Gasteiger partial charge on any atom is 0.204 e. The second-order valence-corrected chi connectivity index (χ2v) is 4.68. The van der Waals surface area contributed by atoms with E-state index in [4.69, 9.17) is 4.42 Å². The number of fused-ring (bicyclic) bond motifs is 1. The zero-order chi connectivity index (χ0) is 14.3. The molecule has 0 saturated carbocycles. The van der Waals surface area contributed by atoms with E-state index >= 15 is 0 Å². The molecule has 0 aliphatic carbocycles. The van der Waals surface area contributed by atoms with Gasteiger partial charge in [-0.25, -0.2) is 0 Å². The largest absolute Gasteiger partial charge is 0.508 e. The van der Waals surface area contributed by atoms with Crippen LogP contribution in [0.3, 0.4) is 0 Å². The molecule has 0 fully saturated rings. The van der Waals surface area contributed by atoms with Gasteiger partial charge in [0.25, 0.3) is 0 Å². The van der Waals surface area contributed by atoms with E-state index in [9.17, 15) is 15.0 Å². The molecule has 2 aromatic carbocycles. The number of hydrogen-bond acceptors (Lipinski definition) is 4. The molecule has 0 spiro atoms. The first kappa shape index (κ1) is 12.3. The van der Waals surface area contributed by atoms with Gasteiger partial charge in [-0.15, -0.1) is 0 Å². The van der Waals surface area contributed by atoms with Gasteiger partial charge < -0.3 is 14.6 Å². The fourth-order valence-electron chi connectivity index (χ4n) is 2.21. The van der Waals surface area contributed by atoms with Gasteiger partial charge in [-0.2, -0.15) is 0 Å². The van der Waals surface area contributed by atoms with E-state index in [0.29, 0.717) is 16.7 Å². The number of aryl methyl sites for hydroxylation is 1. The third-order valence-corrected chi connectivity index (χ3v) is 3.18. The van der Waals surface area contributed by atoms with Crippen LogP contribution >= 0.6 is 0 Å². The number of hydrogen-bond donors (Lipinski definition) is 2. The van der Waals surface area contributed by atoms with Crippen LogP contribution in [0, 0.1) is 6.92 Å². The van der Waals surface area contributed by atoms with E-state index in [2.05, 4.69) is 0 Å². The maximum absolute atomic E-state index is 12.5. The Bertz CT molecular complexity index is 845. The first-order valence-corrected chi connectivity index (χ1v) is 6.11. The van der Waals surface area contributed by atoms with Gasteiger partial charge in [0.2, 0.25) is 5.43 Å². The minimum atomic E-state index is -0.297. The van der Waals surface area contributed by atoms with Crippen LogP contribution in [0.25, 0.3) is 22.1 Å². The molecule has 0 bridgehead atoms. The monoisotopic (exact) mass is 268 g/mol. The van der Waals surface area contributed by atoms with Gasteiger partial charge >= 0.3 is 0 Å². The Morgan fingerprint density at radius 3 is 2.45 bits per heavy atom. The van der Waals surface area contributed by atoms with Gasteiger partial charge in [0.15, 0.2) is 0 Å². The Hall–Kier alpha value is -2.75. The van der Waals surface area contributed by atoms with Crippen molar-refractivity contribution >= 4 is 11.0 Å². The van der Waals surface area contributed by atoms with E-state index < -0.39 is 0 Å². The number of aromatic hydroxyl groups is 2. The van der Waals surface area contributed by atoms with Crippen LogP contribution in [0.1, 0.15) is 5.56 Å². The van der Waals surface area contributed by atoms with Gasteiger partial charge in [0.1, 0.15) is 28.7 Å². The summed E-state index contributed by atoms with van der Waals surface area (Å²) in [4.78, 5) is 12.5. The molecule has 1 heterocycles. The van der Waals surface area contributed by atoms with Crippen molar-refractivity contribution in [1.82, 2.24) is 0 Å². The lowest BCUT2D eigenvalue weighted by Gasteiger charge is -2.05. The predicted molar refractivity (Wildman–Crippen MR) is 76.0 cm³/mol. The summed E-state index contributed by atoms with van der Waals surface area (Å²) in [7, 11) is 0. The molecule has 20 heavy (non-hydrogen) atoms. The number of phenols is 2. The fraction of sp³-hybridized carbons (Fsp3) is 0.0625. The summed E-state index contributed by atoms with van der Waals surface area (Å²) in [6.45, 7) is 1.81. The van der Waals surface area contributed by atoms with Crippen LogP contribution in [0.4, 0.5) is 0 Å². The third-order valence-electron chi connectivity index (χ3n) is 3.18. The van der Waals surface area contributed by atoms with Gasteiger partial charge in [-0.3, -0.25) is 4.79 Å². The van der Waals surface area contributed by atoms with E-state index in [1.165, 1.54) is 24.5 Å². The first-order chi connectivity index (χ1) is 9.56. The van der Waals surface area contributed by atoms with Crippen LogP contribution in [0.15, 0.2) is 51.9 Å². The molecule has 0 unspecified atom stereocenters. The zero-order valence-corrected chi connectivity index (χ0v) is 10.8. The molecule has 2 N–H and O–H groups in total. The summed E-state index contributed by atoms with van der Waals surface area (Å²) in [5.41, 5.74) is 1.84. The molecule has 0 radical (unpaired) electrons. The highest BCUT2D eigenvalue weighted by Gasteiger charge is 2.13. The summed E-state index contributed by atoms with van der Waals surface area (Å²) in [5, 5.41) is 19.4. The SMILES string of the molecule is Cc1cc(O)c2c(=O)c(-c3ccc(O)cc3)coc2c1. The van der Waals surface area contributed by atoms with E-state index in [-0.39, 0.29) is 22.3 Å². The average Bonchev–Trinajstić information content (AvgIpc) is 2.39. The van der Waals surface area contributed by atoms with Crippen molar-refractivity contribution in [2.45, 2.75) is 6.92 Å². The van der Waals surface area contributed by atoms with Gasteiger partial charge in [-0.1, -0.05) is 12.1 Å². The van der Waals surface area contributed by atoms with Crippen LogP contribution in [-0.2, 0) is 0 Å². The standard InChI is InChI=1S/C16H12O4/c1-9-6-13(18)15-14(7-9)20-8-12(16(15)19)10-2-4-11(17)5-3-10/h2-8,17-18H,1H3. The molecule has 0 aliphatic rings. The molecule has 100 valence electrons. The topological polar surface area (TPSA) is 70.7 Å². The van der Waals surface area contributed by atoms with Crippen molar-refractivity contribution in [3.05, 3.63) is 58.4 Å². The van der Waals surface area contributed by atoms with Crippen LogP contribution in [0.5, 0.6) is 11.5 Å². The van der Waals surface area contributed by atoms with Crippen molar-refractivity contribution in [1.29, 1.82) is 0 Å². The van der Waals surface area contributed by atoms with Gasteiger partial charge in [0, 0.05) is 0 Å². The molecule has 0 aliphatic heterocycles. The van der Waals surface area contributed by atoms with Gasteiger partial charge in [-0.05, 0) is 42.3 Å². The van der Waals surface area contributed by atoms with Crippen molar-refractivity contribution in [3.63, 3.8) is 0 Å². The molecule has 3 rings (SSSR count). The van der Waals surface area contributed by atoms with Crippen LogP contribution in [-0.4, -0.2) is 10.2 Å². The van der Waals surface area contributed by atoms with E-state index in [0.717, 1.165) is 5.56 Å². The minimum Gasteiger partial charge on any atom is -0.508 e. The summed E-state index contributed by atoms with van der Waals surface area (Å²) in [5.74, 6) is 0.0341. The number of benzene rings is 2. The maximum atomic E-state index is 12.5. The molecule has 0 amide bonds. The minimum absolute atomic E-state index is 0.0885. The molecule has 0 atom stereocenters. The molecular weight excluding hydrogens is 256 g/mol. The Morgan fingerprint density at radius 1 is 1.05 bits per heavy atom. The molecule has 0 saturated heterocycles. The Morgan fingerprint density at radius 2 is 1.75 bits per heavy atom. The first-order valence-electron chi connectivity index (χ1n) is 6.11. The summed E-state index contributed by atoms with van der Waals surface area (Å²) in [6, 6.07) is 9.47. The average molecular weight is 268 g/mol. The van der Waals surface area contributed by atoms with E-state index in [1.807, 2.05) is 6.92 Å². The second-order valence-electron chi connectivity index (χ2n) is 4.68. The number of rotatable bonds is 1. The van der Waals surface area contributed by atoms with Crippen molar-refractivity contribution < 1.29 is 14.6 Å². The highest BCUT2D eigenvalue weighted by Crippen LogP contribution is 2.27. The summed E-state index contributed by atoms with van der Waals surface area (Å²) >= 11 is 0. The van der Waals surface area contributed by atoms with Gasteiger partial charge in [0.05, 0.1) is 5.56 Å².